The molecule has 1 N–H and O–H groups in total. The van der Waals surface area contributed by atoms with Crippen molar-refractivity contribution in [3.05, 3.63) is 52.1 Å². The molecule has 104 valence electrons. The lowest BCUT2D eigenvalue weighted by molar-refractivity contribution is 0.0597. The topological polar surface area (TPSA) is 68.5 Å². The van der Waals surface area contributed by atoms with E-state index >= 15 is 0 Å². The lowest BCUT2D eigenvalue weighted by atomic mass is 10.1. The molecule has 0 unspecified atom stereocenters. The lowest BCUT2D eigenvalue weighted by Crippen LogP contribution is -2.16. The number of benzene rings is 1. The van der Waals surface area contributed by atoms with Crippen molar-refractivity contribution in [2.75, 3.05) is 12.4 Å². The van der Waals surface area contributed by atoms with Crippen molar-refractivity contribution in [2.45, 2.75) is 0 Å². The molecular formula is C13H9BrFNO4. The Morgan fingerprint density at radius 2 is 2.15 bits per heavy atom. The first-order valence-electron chi connectivity index (χ1n) is 5.45. The van der Waals surface area contributed by atoms with Crippen LogP contribution in [-0.2, 0) is 4.74 Å². The van der Waals surface area contributed by atoms with Gasteiger partial charge in [0.25, 0.3) is 5.91 Å². The molecule has 1 aromatic carbocycles. The van der Waals surface area contributed by atoms with Crippen molar-refractivity contribution in [2.24, 2.45) is 0 Å². The van der Waals surface area contributed by atoms with Crippen LogP contribution in [0, 0.1) is 5.82 Å². The van der Waals surface area contributed by atoms with Crippen molar-refractivity contribution in [3.8, 4) is 0 Å². The second-order valence-corrected chi connectivity index (χ2v) is 4.53. The third-order valence-electron chi connectivity index (χ3n) is 2.48. The van der Waals surface area contributed by atoms with Crippen molar-refractivity contribution in [3.63, 3.8) is 0 Å². The summed E-state index contributed by atoms with van der Waals surface area (Å²) < 4.78 is 23.5. The van der Waals surface area contributed by atoms with Crippen molar-refractivity contribution >= 4 is 33.5 Å². The third kappa shape index (κ3) is 2.88. The molecule has 7 heteroatoms. The zero-order valence-corrected chi connectivity index (χ0v) is 11.9. The van der Waals surface area contributed by atoms with Gasteiger partial charge in [0.1, 0.15) is 17.6 Å². The molecule has 0 spiro atoms. The predicted molar refractivity (Wildman–Crippen MR) is 72.1 cm³/mol. The summed E-state index contributed by atoms with van der Waals surface area (Å²) in [6.45, 7) is 0. The van der Waals surface area contributed by atoms with Gasteiger partial charge in [-0.1, -0.05) is 6.07 Å². The molecule has 0 fully saturated rings. The number of nitrogens with one attached hydrogen (secondary N) is 1. The summed E-state index contributed by atoms with van der Waals surface area (Å²) in [5, 5.41) is 2.44. The van der Waals surface area contributed by atoms with E-state index in [4.69, 9.17) is 4.42 Å². The molecule has 0 saturated heterocycles. The Morgan fingerprint density at radius 1 is 1.40 bits per heavy atom. The minimum absolute atomic E-state index is 0.0270. The smallest absolute Gasteiger partial charge is 0.342 e. The standard InChI is InChI=1S/C13H9BrFNO4/c1-19-13(18)11-8(15)3-2-4-9(11)16-12(17)7-5-10(14)20-6-7/h2-6H,1H3,(H,16,17). The van der Waals surface area contributed by atoms with E-state index in [1.54, 1.807) is 0 Å². The highest BCUT2D eigenvalue weighted by Crippen LogP contribution is 2.22. The average molecular weight is 342 g/mol. The van der Waals surface area contributed by atoms with Gasteiger partial charge in [0, 0.05) is 6.07 Å². The van der Waals surface area contributed by atoms with E-state index in [0.29, 0.717) is 4.67 Å². The molecule has 2 aromatic rings. The number of methoxy groups -OCH3 is 1. The maximum atomic E-state index is 13.7. The largest absolute Gasteiger partial charge is 0.465 e. The van der Waals surface area contributed by atoms with Gasteiger partial charge in [0.2, 0.25) is 0 Å². The lowest BCUT2D eigenvalue weighted by Gasteiger charge is -2.09. The molecular weight excluding hydrogens is 333 g/mol. The van der Waals surface area contributed by atoms with E-state index in [1.165, 1.54) is 24.5 Å². The summed E-state index contributed by atoms with van der Waals surface area (Å²) in [7, 11) is 1.13. The highest BCUT2D eigenvalue weighted by Gasteiger charge is 2.19. The maximum absolute atomic E-state index is 13.7. The summed E-state index contributed by atoms with van der Waals surface area (Å²) in [4.78, 5) is 23.5. The molecule has 0 atom stereocenters. The van der Waals surface area contributed by atoms with Crippen LogP contribution in [0.25, 0.3) is 0 Å². The van der Waals surface area contributed by atoms with Gasteiger partial charge >= 0.3 is 5.97 Å². The summed E-state index contributed by atoms with van der Waals surface area (Å²) in [5.74, 6) is -2.18. The van der Waals surface area contributed by atoms with E-state index in [0.717, 1.165) is 13.2 Å². The molecule has 0 aliphatic carbocycles. The fraction of sp³-hybridized carbons (Fsp3) is 0.0769. The van der Waals surface area contributed by atoms with Crippen LogP contribution in [0.5, 0.6) is 0 Å². The summed E-state index contributed by atoms with van der Waals surface area (Å²) in [5.41, 5.74) is -0.0676. The first-order valence-corrected chi connectivity index (χ1v) is 6.24. The van der Waals surface area contributed by atoms with Gasteiger partial charge in [-0.2, -0.15) is 0 Å². The molecule has 0 saturated carbocycles. The number of amides is 1. The first-order chi connectivity index (χ1) is 9.52. The second-order valence-electron chi connectivity index (χ2n) is 3.75. The number of ether oxygens (including phenoxy) is 1. The molecule has 0 aliphatic rings. The van der Waals surface area contributed by atoms with E-state index in [1.807, 2.05) is 0 Å². The fourth-order valence-corrected chi connectivity index (χ4v) is 1.90. The molecule has 2 rings (SSSR count). The number of rotatable bonds is 3. The van der Waals surface area contributed by atoms with Gasteiger partial charge in [0.05, 0.1) is 18.4 Å². The van der Waals surface area contributed by atoms with Gasteiger partial charge in [-0.05, 0) is 28.1 Å². The Morgan fingerprint density at radius 3 is 2.75 bits per heavy atom. The number of carbonyl (C=O) groups excluding carboxylic acids is 2. The SMILES string of the molecule is COC(=O)c1c(F)cccc1NC(=O)c1coc(Br)c1. The molecule has 1 heterocycles. The monoisotopic (exact) mass is 341 g/mol. The van der Waals surface area contributed by atoms with E-state index in [-0.39, 0.29) is 16.8 Å². The number of esters is 1. The van der Waals surface area contributed by atoms with Crippen LogP contribution in [0.1, 0.15) is 20.7 Å². The minimum Gasteiger partial charge on any atom is -0.465 e. The number of halogens is 2. The van der Waals surface area contributed by atoms with Crippen molar-refractivity contribution < 1.29 is 23.1 Å². The molecule has 0 bridgehead atoms. The van der Waals surface area contributed by atoms with Crippen LogP contribution < -0.4 is 5.32 Å². The summed E-state index contributed by atoms with van der Waals surface area (Å²) in [6.07, 6.45) is 1.23. The molecule has 1 aromatic heterocycles. The van der Waals surface area contributed by atoms with Gasteiger partial charge < -0.3 is 14.5 Å². The molecule has 0 aliphatic heterocycles. The Bertz CT molecular complexity index is 668. The van der Waals surface area contributed by atoms with Crippen LogP contribution in [0.2, 0.25) is 0 Å². The van der Waals surface area contributed by atoms with Gasteiger partial charge in [0.15, 0.2) is 4.67 Å². The predicted octanol–water partition coefficient (Wildman–Crippen LogP) is 3.22. The molecule has 20 heavy (non-hydrogen) atoms. The Balaban J connectivity index is 2.32. The summed E-state index contributed by atoms with van der Waals surface area (Å²) >= 11 is 3.07. The van der Waals surface area contributed by atoms with Crippen LogP contribution in [-0.4, -0.2) is 19.0 Å². The van der Waals surface area contributed by atoms with Gasteiger partial charge in [-0.3, -0.25) is 4.79 Å². The average Bonchev–Trinajstić information content (AvgIpc) is 2.85. The maximum Gasteiger partial charge on any atom is 0.342 e. The van der Waals surface area contributed by atoms with Crippen LogP contribution in [0.15, 0.2) is 39.6 Å². The van der Waals surface area contributed by atoms with Crippen molar-refractivity contribution in [1.82, 2.24) is 0 Å². The second kappa shape index (κ2) is 5.87. The Hall–Kier alpha value is -2.15. The van der Waals surface area contributed by atoms with Gasteiger partial charge in [-0.25, -0.2) is 9.18 Å². The minimum atomic E-state index is -0.869. The number of carbonyl (C=O) groups is 2. The molecule has 5 nitrogen and oxygen atoms in total. The molecule has 1 amide bonds. The fourth-order valence-electron chi connectivity index (χ4n) is 1.56. The zero-order chi connectivity index (χ0) is 14.7. The van der Waals surface area contributed by atoms with Crippen LogP contribution in [0.3, 0.4) is 0 Å². The highest BCUT2D eigenvalue weighted by molar-refractivity contribution is 9.10. The number of hydrogen-bond donors (Lipinski definition) is 1. The van der Waals surface area contributed by atoms with Crippen molar-refractivity contribution in [1.29, 1.82) is 0 Å². The Labute approximate surface area is 121 Å². The summed E-state index contributed by atoms with van der Waals surface area (Å²) in [6, 6.07) is 5.34. The quantitative estimate of drug-likeness (QED) is 0.870. The van der Waals surface area contributed by atoms with E-state index in [9.17, 15) is 14.0 Å². The Kier molecular flexibility index (Phi) is 4.19. The van der Waals surface area contributed by atoms with E-state index in [2.05, 4.69) is 26.0 Å². The van der Waals surface area contributed by atoms with Gasteiger partial charge in [-0.15, -0.1) is 0 Å². The van der Waals surface area contributed by atoms with Crippen LogP contribution >= 0.6 is 15.9 Å². The number of hydrogen-bond acceptors (Lipinski definition) is 4. The number of furan rings is 1. The third-order valence-corrected chi connectivity index (χ3v) is 2.90. The van der Waals surface area contributed by atoms with E-state index < -0.39 is 17.7 Å². The highest BCUT2D eigenvalue weighted by atomic mass is 79.9. The van der Waals surface area contributed by atoms with Crippen LogP contribution in [0.4, 0.5) is 10.1 Å². The normalized spacial score (nSPS) is 10.2. The number of anilines is 1. The zero-order valence-electron chi connectivity index (χ0n) is 10.3. The molecule has 0 radical (unpaired) electrons. The first kappa shape index (κ1) is 14.3.